The minimum absolute atomic E-state index is 0.581. The van der Waals surface area contributed by atoms with Gasteiger partial charge in [0, 0.05) is 25.7 Å². The number of piperidine rings is 1. The van der Waals surface area contributed by atoms with Gasteiger partial charge < -0.3 is 5.11 Å². The Hall–Kier alpha value is -1.75. The number of carbonyl (C=O) groups is 1. The van der Waals surface area contributed by atoms with E-state index in [0.29, 0.717) is 19.5 Å². The van der Waals surface area contributed by atoms with Gasteiger partial charge in [-0.05, 0) is 45.7 Å². The number of hydrogen-bond acceptors (Lipinski definition) is 4. The highest BCUT2D eigenvalue weighted by Gasteiger charge is 2.41. The van der Waals surface area contributed by atoms with Gasteiger partial charge in [-0.15, -0.1) is 0 Å². The lowest BCUT2D eigenvalue weighted by molar-refractivity contribution is -0.152. The maximum atomic E-state index is 11.9. The van der Waals surface area contributed by atoms with E-state index >= 15 is 0 Å². The third kappa shape index (κ3) is 4.61. The molecule has 0 radical (unpaired) electrons. The first kappa shape index (κ1) is 17.6. The van der Waals surface area contributed by atoms with Crippen molar-refractivity contribution in [3.05, 3.63) is 35.4 Å². The van der Waals surface area contributed by atoms with Crippen LogP contribution >= 0.6 is 0 Å². The Labute approximate surface area is 138 Å². The van der Waals surface area contributed by atoms with E-state index in [-0.39, 0.29) is 0 Å². The fourth-order valence-electron chi connectivity index (χ4n) is 3.12. The lowest BCUT2D eigenvalue weighted by Crippen LogP contribution is -2.47. The van der Waals surface area contributed by atoms with Gasteiger partial charge in [0.25, 0.3) is 0 Å². The van der Waals surface area contributed by atoms with Crippen LogP contribution in [-0.4, -0.2) is 39.0 Å². The first-order chi connectivity index (χ1) is 10.9. The molecule has 0 spiro atoms. The van der Waals surface area contributed by atoms with Crippen molar-refractivity contribution in [3.8, 4) is 0 Å². The predicted octanol–water partition coefficient (Wildman–Crippen LogP) is 3.06. The van der Waals surface area contributed by atoms with Crippen LogP contribution in [0.2, 0.25) is 0 Å². The quantitative estimate of drug-likeness (QED) is 0.817. The van der Waals surface area contributed by atoms with E-state index in [0.717, 1.165) is 37.3 Å². The number of carboxylic acids is 1. The summed E-state index contributed by atoms with van der Waals surface area (Å²) in [7, 11) is 0. The average molecular weight is 317 g/mol. The molecule has 1 saturated heterocycles. The number of nitrogens with zero attached hydrogens (tertiary/aromatic N) is 3. The molecule has 0 amide bonds. The van der Waals surface area contributed by atoms with Crippen molar-refractivity contribution >= 4 is 5.97 Å². The summed E-state index contributed by atoms with van der Waals surface area (Å²) in [6, 6.07) is 1.92. The number of allylic oxidation sites excluding steroid dienone is 2. The van der Waals surface area contributed by atoms with Crippen LogP contribution in [0.3, 0.4) is 0 Å². The van der Waals surface area contributed by atoms with E-state index in [2.05, 4.69) is 20.9 Å². The summed E-state index contributed by atoms with van der Waals surface area (Å²) >= 11 is 0. The Bertz CT molecular complexity index is 581. The van der Waals surface area contributed by atoms with Crippen molar-refractivity contribution in [1.82, 2.24) is 14.9 Å². The molecule has 0 bridgehead atoms. The molecule has 0 saturated carbocycles. The predicted molar refractivity (Wildman–Crippen MR) is 90.0 cm³/mol. The van der Waals surface area contributed by atoms with E-state index < -0.39 is 11.4 Å². The number of aryl methyl sites for hydroxylation is 1. The number of rotatable bonds is 6. The van der Waals surface area contributed by atoms with Gasteiger partial charge in [0.2, 0.25) is 0 Å². The van der Waals surface area contributed by atoms with Crippen molar-refractivity contribution < 1.29 is 9.90 Å². The Morgan fingerprint density at radius 2 is 2.26 bits per heavy atom. The molecule has 0 aliphatic carbocycles. The van der Waals surface area contributed by atoms with Crippen LogP contribution in [0.15, 0.2) is 23.9 Å². The highest BCUT2D eigenvalue weighted by molar-refractivity contribution is 5.75. The topological polar surface area (TPSA) is 66.3 Å². The summed E-state index contributed by atoms with van der Waals surface area (Å²) in [6.45, 7) is 8.27. The molecular formula is C18H27N3O2. The molecule has 1 atom stereocenters. The zero-order valence-corrected chi connectivity index (χ0v) is 14.4. The molecule has 5 nitrogen and oxygen atoms in total. The third-order valence-corrected chi connectivity index (χ3v) is 4.48. The van der Waals surface area contributed by atoms with E-state index in [9.17, 15) is 9.90 Å². The van der Waals surface area contributed by atoms with Crippen molar-refractivity contribution in [2.45, 2.75) is 53.0 Å². The molecule has 1 fully saturated rings. The molecule has 1 aliphatic rings. The van der Waals surface area contributed by atoms with Crippen LogP contribution in [0, 0.1) is 5.41 Å². The van der Waals surface area contributed by atoms with Gasteiger partial charge in [-0.3, -0.25) is 9.69 Å². The number of carboxylic acid groups (broad SMARTS) is 1. The van der Waals surface area contributed by atoms with Gasteiger partial charge in [-0.1, -0.05) is 18.6 Å². The Morgan fingerprint density at radius 1 is 1.48 bits per heavy atom. The largest absolute Gasteiger partial charge is 0.481 e. The van der Waals surface area contributed by atoms with Gasteiger partial charge >= 0.3 is 5.97 Å². The maximum Gasteiger partial charge on any atom is 0.311 e. The van der Waals surface area contributed by atoms with Crippen molar-refractivity contribution in [1.29, 1.82) is 0 Å². The first-order valence-electron chi connectivity index (χ1n) is 8.35. The van der Waals surface area contributed by atoms with Crippen LogP contribution < -0.4 is 0 Å². The standard InChI is InChI=1S/C18H27N3O2/c1-4-16-19-10-7-15(20-16)12-21-11-5-8-18(13-21,17(22)23)9-6-14(2)3/h6-7,10H,4-5,8-9,11-13H2,1-3H3,(H,22,23)/t18-/m0/s1. The van der Waals surface area contributed by atoms with Crippen LogP contribution in [0.25, 0.3) is 0 Å². The fraction of sp³-hybridized carbons (Fsp3) is 0.611. The molecule has 0 aromatic carbocycles. The minimum atomic E-state index is -0.684. The van der Waals surface area contributed by atoms with Crippen molar-refractivity contribution in [2.75, 3.05) is 13.1 Å². The second-order valence-corrected chi connectivity index (χ2v) is 6.70. The molecule has 1 aromatic rings. The smallest absolute Gasteiger partial charge is 0.311 e. The SMILES string of the molecule is CCc1nccc(CN2CCC[C@@](CC=C(C)C)(C(=O)O)C2)n1. The van der Waals surface area contributed by atoms with Crippen LogP contribution in [-0.2, 0) is 17.8 Å². The van der Waals surface area contributed by atoms with Gasteiger partial charge in [0.15, 0.2) is 0 Å². The molecule has 2 rings (SSSR count). The van der Waals surface area contributed by atoms with Crippen molar-refractivity contribution in [3.63, 3.8) is 0 Å². The average Bonchev–Trinajstić information content (AvgIpc) is 2.53. The normalized spacial score (nSPS) is 21.9. The fourth-order valence-corrected chi connectivity index (χ4v) is 3.12. The zero-order valence-electron chi connectivity index (χ0n) is 14.4. The van der Waals surface area contributed by atoms with Gasteiger partial charge in [0.05, 0.1) is 11.1 Å². The monoisotopic (exact) mass is 317 g/mol. The molecule has 5 heteroatoms. The van der Waals surface area contributed by atoms with Crippen LogP contribution in [0.4, 0.5) is 0 Å². The maximum absolute atomic E-state index is 11.9. The summed E-state index contributed by atoms with van der Waals surface area (Å²) in [4.78, 5) is 22.9. The number of likely N-dealkylation sites (tertiary alicyclic amines) is 1. The molecule has 0 unspecified atom stereocenters. The molecular weight excluding hydrogens is 290 g/mol. The highest BCUT2D eigenvalue weighted by Crippen LogP contribution is 2.35. The summed E-state index contributed by atoms with van der Waals surface area (Å²) in [5.41, 5.74) is 1.47. The number of aliphatic carboxylic acids is 1. The van der Waals surface area contributed by atoms with Gasteiger partial charge in [-0.2, -0.15) is 0 Å². The molecule has 23 heavy (non-hydrogen) atoms. The lowest BCUT2D eigenvalue weighted by Gasteiger charge is -2.39. The Morgan fingerprint density at radius 3 is 2.91 bits per heavy atom. The summed E-state index contributed by atoms with van der Waals surface area (Å²) in [6.07, 6.45) is 6.91. The van der Waals surface area contributed by atoms with Gasteiger partial charge in [-0.25, -0.2) is 9.97 Å². The Kier molecular flexibility index (Phi) is 5.88. The second kappa shape index (κ2) is 7.68. The summed E-state index contributed by atoms with van der Waals surface area (Å²) < 4.78 is 0. The molecule has 1 aromatic heterocycles. The second-order valence-electron chi connectivity index (χ2n) is 6.70. The zero-order chi connectivity index (χ0) is 16.9. The molecule has 1 aliphatic heterocycles. The van der Waals surface area contributed by atoms with E-state index in [1.807, 2.05) is 26.8 Å². The highest BCUT2D eigenvalue weighted by atomic mass is 16.4. The Balaban J connectivity index is 2.11. The number of aromatic nitrogens is 2. The van der Waals surface area contributed by atoms with Crippen LogP contribution in [0.1, 0.15) is 51.6 Å². The summed E-state index contributed by atoms with van der Waals surface area (Å²) in [5, 5.41) is 9.79. The van der Waals surface area contributed by atoms with Crippen LogP contribution in [0.5, 0.6) is 0 Å². The molecule has 126 valence electrons. The van der Waals surface area contributed by atoms with Crippen molar-refractivity contribution in [2.24, 2.45) is 5.41 Å². The lowest BCUT2D eigenvalue weighted by atomic mass is 9.76. The van der Waals surface area contributed by atoms with Gasteiger partial charge in [0.1, 0.15) is 5.82 Å². The van der Waals surface area contributed by atoms with E-state index in [1.165, 1.54) is 5.57 Å². The first-order valence-corrected chi connectivity index (χ1v) is 8.35. The third-order valence-electron chi connectivity index (χ3n) is 4.48. The molecule has 1 N–H and O–H groups in total. The van der Waals surface area contributed by atoms with E-state index in [4.69, 9.17) is 0 Å². The molecule has 2 heterocycles. The number of hydrogen-bond donors (Lipinski definition) is 1. The summed E-state index contributed by atoms with van der Waals surface area (Å²) in [5.74, 6) is 0.158. The minimum Gasteiger partial charge on any atom is -0.481 e. The van der Waals surface area contributed by atoms with E-state index in [1.54, 1.807) is 6.20 Å².